The summed E-state index contributed by atoms with van der Waals surface area (Å²) in [6.07, 6.45) is 3.24. The van der Waals surface area contributed by atoms with Crippen LogP contribution >= 0.6 is 12.2 Å². The van der Waals surface area contributed by atoms with E-state index in [9.17, 15) is 0 Å². The van der Waals surface area contributed by atoms with Gasteiger partial charge in [0.05, 0.1) is 12.7 Å². The molecule has 0 saturated heterocycles. The molecule has 0 radical (unpaired) electrons. The van der Waals surface area contributed by atoms with Gasteiger partial charge in [0, 0.05) is 7.05 Å². The van der Waals surface area contributed by atoms with Gasteiger partial charge in [-0.2, -0.15) is 0 Å². The minimum absolute atomic E-state index is 0.392. The van der Waals surface area contributed by atoms with Gasteiger partial charge in [0.15, 0.2) is 0 Å². The van der Waals surface area contributed by atoms with E-state index in [1.165, 1.54) is 0 Å². The van der Waals surface area contributed by atoms with E-state index in [0.29, 0.717) is 4.77 Å². The fourth-order valence-electron chi connectivity index (χ4n) is 0.344. The Kier molecular flexibility index (Phi) is 1.34. The molecule has 8 heavy (non-hydrogen) atoms. The highest BCUT2D eigenvalue weighted by Crippen LogP contribution is 1.74. The summed E-state index contributed by atoms with van der Waals surface area (Å²) in [5.41, 5.74) is 0. The lowest BCUT2D eigenvalue weighted by atomic mass is 11.0. The lowest BCUT2D eigenvalue weighted by molar-refractivity contribution is 0.810. The standard InChI is InChI=1S/C4H5N3S/c1-7-2-5-4(8)6-3-7/h2-3H,1H3. The Balaban J connectivity index is 3.22. The molecule has 0 fully saturated rings. The van der Waals surface area contributed by atoms with E-state index < -0.39 is 0 Å². The Hall–Kier alpha value is -0.770. The normalized spacial score (nSPS) is 9.12. The van der Waals surface area contributed by atoms with E-state index in [2.05, 4.69) is 22.2 Å². The van der Waals surface area contributed by atoms with Crippen LogP contribution in [0, 0.1) is 4.77 Å². The van der Waals surface area contributed by atoms with Gasteiger partial charge < -0.3 is 4.57 Å². The van der Waals surface area contributed by atoms with Crippen molar-refractivity contribution >= 4 is 12.2 Å². The molecular weight excluding hydrogens is 122 g/mol. The van der Waals surface area contributed by atoms with Crippen molar-refractivity contribution in [1.29, 1.82) is 0 Å². The van der Waals surface area contributed by atoms with Gasteiger partial charge in [-0.25, -0.2) is 9.97 Å². The quantitative estimate of drug-likeness (QED) is 0.477. The molecule has 0 bridgehead atoms. The summed E-state index contributed by atoms with van der Waals surface area (Å²) in [4.78, 5) is 7.49. The molecular formula is C4H5N3S. The molecule has 1 aromatic rings. The van der Waals surface area contributed by atoms with E-state index in [1.807, 2.05) is 7.05 Å². The minimum Gasteiger partial charge on any atom is -0.326 e. The van der Waals surface area contributed by atoms with Gasteiger partial charge in [0.1, 0.15) is 0 Å². The molecule has 0 N–H and O–H groups in total. The van der Waals surface area contributed by atoms with Crippen LogP contribution in [0.15, 0.2) is 12.7 Å². The summed E-state index contributed by atoms with van der Waals surface area (Å²) in [6, 6.07) is 0. The first-order valence-electron chi connectivity index (χ1n) is 2.13. The van der Waals surface area contributed by atoms with Crippen LogP contribution in [-0.4, -0.2) is 14.5 Å². The summed E-state index contributed by atoms with van der Waals surface area (Å²) in [5, 5.41) is 0. The van der Waals surface area contributed by atoms with Crippen molar-refractivity contribution in [2.24, 2.45) is 7.05 Å². The number of hydrogen-bond acceptors (Lipinski definition) is 3. The largest absolute Gasteiger partial charge is 0.326 e. The zero-order chi connectivity index (χ0) is 5.98. The topological polar surface area (TPSA) is 30.7 Å². The number of nitrogens with zero attached hydrogens (tertiary/aromatic N) is 3. The molecule has 0 saturated carbocycles. The van der Waals surface area contributed by atoms with E-state index in [4.69, 9.17) is 0 Å². The molecule has 0 amide bonds. The molecule has 0 aromatic carbocycles. The average Bonchev–Trinajstić information content (AvgIpc) is 1.77. The van der Waals surface area contributed by atoms with Crippen molar-refractivity contribution in [3.05, 3.63) is 17.4 Å². The van der Waals surface area contributed by atoms with Crippen LogP contribution in [0.3, 0.4) is 0 Å². The van der Waals surface area contributed by atoms with E-state index in [-0.39, 0.29) is 0 Å². The minimum atomic E-state index is 0.392. The van der Waals surface area contributed by atoms with Gasteiger partial charge in [0.25, 0.3) is 0 Å². The van der Waals surface area contributed by atoms with Crippen molar-refractivity contribution in [2.75, 3.05) is 0 Å². The van der Waals surface area contributed by atoms with Crippen molar-refractivity contribution in [2.45, 2.75) is 0 Å². The van der Waals surface area contributed by atoms with Gasteiger partial charge >= 0.3 is 0 Å². The maximum Gasteiger partial charge on any atom is 0.222 e. The lowest BCUT2D eigenvalue weighted by Crippen LogP contribution is -1.92. The third-order valence-corrected chi connectivity index (χ3v) is 0.911. The molecule has 4 heteroatoms. The average molecular weight is 127 g/mol. The number of hydrogen-bond donors (Lipinski definition) is 0. The third kappa shape index (κ3) is 1.10. The monoisotopic (exact) mass is 127 g/mol. The maximum atomic E-state index is 4.64. The lowest BCUT2D eigenvalue weighted by Gasteiger charge is -1.89. The highest BCUT2D eigenvalue weighted by molar-refractivity contribution is 7.71. The van der Waals surface area contributed by atoms with Crippen LogP contribution in [0.2, 0.25) is 0 Å². The zero-order valence-electron chi connectivity index (χ0n) is 4.40. The molecule has 0 atom stereocenters. The Bertz CT molecular complexity index is 208. The number of aryl methyl sites for hydroxylation is 1. The molecule has 1 rings (SSSR count). The molecule has 3 nitrogen and oxygen atoms in total. The molecule has 1 heterocycles. The molecule has 1 aromatic heterocycles. The van der Waals surface area contributed by atoms with Gasteiger partial charge in [-0.05, 0) is 12.2 Å². The number of rotatable bonds is 0. The highest BCUT2D eigenvalue weighted by atomic mass is 32.1. The zero-order valence-corrected chi connectivity index (χ0v) is 5.22. The second-order valence-electron chi connectivity index (χ2n) is 1.44. The first-order chi connectivity index (χ1) is 3.79. The predicted molar refractivity (Wildman–Crippen MR) is 31.8 cm³/mol. The van der Waals surface area contributed by atoms with Crippen LogP contribution in [0.5, 0.6) is 0 Å². The molecule has 42 valence electrons. The summed E-state index contributed by atoms with van der Waals surface area (Å²) < 4.78 is 2.12. The SMILES string of the molecule is Cn1cnc(=S)nc1. The fourth-order valence-corrected chi connectivity index (χ4v) is 0.438. The van der Waals surface area contributed by atoms with Gasteiger partial charge in [-0.1, -0.05) is 0 Å². The summed E-state index contributed by atoms with van der Waals surface area (Å²) >= 11 is 4.64. The molecule has 0 aliphatic heterocycles. The van der Waals surface area contributed by atoms with Crippen LogP contribution < -0.4 is 0 Å². The first kappa shape index (κ1) is 5.37. The first-order valence-corrected chi connectivity index (χ1v) is 2.54. The molecule has 0 aliphatic rings. The smallest absolute Gasteiger partial charge is 0.222 e. The molecule has 0 spiro atoms. The van der Waals surface area contributed by atoms with Crippen molar-refractivity contribution in [3.63, 3.8) is 0 Å². The second kappa shape index (κ2) is 2.00. The fraction of sp³-hybridized carbons (Fsp3) is 0.250. The van der Waals surface area contributed by atoms with Crippen LogP contribution in [0.4, 0.5) is 0 Å². The van der Waals surface area contributed by atoms with Crippen LogP contribution in [-0.2, 0) is 7.05 Å². The molecule has 0 aliphatic carbocycles. The summed E-state index contributed by atoms with van der Waals surface area (Å²) in [6.45, 7) is 0. The Morgan fingerprint density at radius 2 is 2.00 bits per heavy atom. The maximum absolute atomic E-state index is 4.64. The third-order valence-electron chi connectivity index (χ3n) is 0.701. The summed E-state index contributed by atoms with van der Waals surface area (Å²) in [5.74, 6) is 0. The van der Waals surface area contributed by atoms with Crippen LogP contribution in [0.25, 0.3) is 0 Å². The van der Waals surface area contributed by atoms with Gasteiger partial charge in [0.2, 0.25) is 4.77 Å². The van der Waals surface area contributed by atoms with E-state index in [1.54, 1.807) is 17.2 Å². The Morgan fingerprint density at radius 1 is 1.50 bits per heavy atom. The van der Waals surface area contributed by atoms with E-state index >= 15 is 0 Å². The van der Waals surface area contributed by atoms with Crippen molar-refractivity contribution in [3.8, 4) is 0 Å². The molecule has 0 unspecified atom stereocenters. The highest BCUT2D eigenvalue weighted by Gasteiger charge is 1.75. The Morgan fingerprint density at radius 3 is 2.38 bits per heavy atom. The van der Waals surface area contributed by atoms with Gasteiger partial charge in [-0.3, -0.25) is 0 Å². The number of aromatic nitrogens is 3. The van der Waals surface area contributed by atoms with Crippen LogP contribution in [0.1, 0.15) is 0 Å². The predicted octanol–water partition coefficient (Wildman–Crippen LogP) is 0.545. The summed E-state index contributed by atoms with van der Waals surface area (Å²) in [7, 11) is 1.84. The second-order valence-corrected chi connectivity index (χ2v) is 1.80. The van der Waals surface area contributed by atoms with Crippen molar-refractivity contribution in [1.82, 2.24) is 14.5 Å². The van der Waals surface area contributed by atoms with Gasteiger partial charge in [-0.15, -0.1) is 0 Å². The van der Waals surface area contributed by atoms with E-state index in [0.717, 1.165) is 0 Å². The van der Waals surface area contributed by atoms with Crippen molar-refractivity contribution < 1.29 is 0 Å². The Labute approximate surface area is 52.0 Å².